The van der Waals surface area contributed by atoms with E-state index in [0.29, 0.717) is 17.2 Å². The van der Waals surface area contributed by atoms with Crippen molar-refractivity contribution in [2.45, 2.75) is 6.54 Å². The highest BCUT2D eigenvalue weighted by molar-refractivity contribution is 5.64. The topological polar surface area (TPSA) is 85.0 Å². The van der Waals surface area contributed by atoms with Crippen molar-refractivity contribution in [3.8, 4) is 6.07 Å². The van der Waals surface area contributed by atoms with Gasteiger partial charge >= 0.3 is 0 Å². The number of aromatic nitrogens is 2. The summed E-state index contributed by atoms with van der Waals surface area (Å²) in [5.41, 5.74) is 7.49. The van der Waals surface area contributed by atoms with E-state index < -0.39 is 0 Å². The molecule has 1 saturated heterocycles. The Morgan fingerprint density at radius 3 is 2.57 bits per heavy atom. The Balaban J connectivity index is 1.62. The zero-order chi connectivity index (χ0) is 14.7. The monoisotopic (exact) mass is 282 g/mol. The van der Waals surface area contributed by atoms with Gasteiger partial charge in [-0.25, -0.2) is 0 Å². The van der Waals surface area contributed by atoms with E-state index in [1.54, 1.807) is 0 Å². The molecule has 108 valence electrons. The fourth-order valence-electron chi connectivity index (χ4n) is 2.64. The molecule has 0 radical (unpaired) electrons. The van der Waals surface area contributed by atoms with Gasteiger partial charge in [-0.1, -0.05) is 30.3 Å². The number of rotatable bonds is 3. The van der Waals surface area contributed by atoms with Crippen LogP contribution in [0.5, 0.6) is 0 Å². The van der Waals surface area contributed by atoms with Crippen molar-refractivity contribution in [2.75, 3.05) is 36.8 Å². The van der Waals surface area contributed by atoms with E-state index in [1.807, 2.05) is 6.07 Å². The molecule has 1 fully saturated rings. The molecule has 21 heavy (non-hydrogen) atoms. The first-order valence-corrected chi connectivity index (χ1v) is 7.03. The second-order valence-electron chi connectivity index (χ2n) is 5.20. The van der Waals surface area contributed by atoms with Gasteiger partial charge in [0.1, 0.15) is 17.5 Å². The molecule has 1 aliphatic rings. The Bertz CT molecular complexity index is 634. The first kappa shape index (κ1) is 13.5. The number of hydrogen-bond acceptors (Lipinski definition) is 5. The van der Waals surface area contributed by atoms with Gasteiger partial charge in [-0.2, -0.15) is 10.4 Å². The molecule has 2 heterocycles. The highest BCUT2D eigenvalue weighted by Crippen LogP contribution is 2.23. The number of nitrogens with zero attached hydrogens (tertiary/aromatic N) is 4. The summed E-state index contributed by atoms with van der Waals surface area (Å²) in [7, 11) is 0. The molecular formula is C15H18N6. The number of benzene rings is 1. The van der Waals surface area contributed by atoms with Crippen LogP contribution >= 0.6 is 0 Å². The van der Waals surface area contributed by atoms with Crippen molar-refractivity contribution in [3.05, 3.63) is 41.5 Å². The summed E-state index contributed by atoms with van der Waals surface area (Å²) in [6, 6.07) is 12.6. The molecule has 3 rings (SSSR count). The van der Waals surface area contributed by atoms with Gasteiger partial charge in [-0.15, -0.1) is 0 Å². The molecule has 6 heteroatoms. The molecule has 6 nitrogen and oxygen atoms in total. The van der Waals surface area contributed by atoms with Crippen LogP contribution in [-0.2, 0) is 6.54 Å². The van der Waals surface area contributed by atoms with Gasteiger partial charge in [0.05, 0.1) is 0 Å². The standard InChI is InChI=1S/C15H18N6/c16-10-13-14(17)18-19-15(13)21-8-6-20(7-9-21)11-12-4-2-1-3-5-12/h1-5H,6-9,11H2,(H3,17,18,19). The zero-order valence-electron chi connectivity index (χ0n) is 11.8. The maximum Gasteiger partial charge on any atom is 0.170 e. The van der Waals surface area contributed by atoms with Crippen molar-refractivity contribution in [3.63, 3.8) is 0 Å². The summed E-state index contributed by atoms with van der Waals surface area (Å²) in [6.45, 7) is 4.57. The molecule has 0 aliphatic carbocycles. The highest BCUT2D eigenvalue weighted by Gasteiger charge is 2.22. The molecule has 0 amide bonds. The number of hydrogen-bond donors (Lipinski definition) is 2. The van der Waals surface area contributed by atoms with Gasteiger partial charge in [0, 0.05) is 32.7 Å². The Hall–Kier alpha value is -2.52. The van der Waals surface area contributed by atoms with E-state index in [4.69, 9.17) is 11.0 Å². The van der Waals surface area contributed by atoms with Crippen molar-refractivity contribution < 1.29 is 0 Å². The second-order valence-corrected chi connectivity index (χ2v) is 5.20. The number of nitrogens with one attached hydrogen (secondary N) is 1. The maximum atomic E-state index is 9.14. The Morgan fingerprint density at radius 1 is 1.19 bits per heavy atom. The van der Waals surface area contributed by atoms with E-state index in [9.17, 15) is 0 Å². The Labute approximate surface area is 123 Å². The third-order valence-electron chi connectivity index (χ3n) is 3.81. The van der Waals surface area contributed by atoms with E-state index in [1.165, 1.54) is 5.56 Å². The highest BCUT2D eigenvalue weighted by atomic mass is 15.3. The third-order valence-corrected chi connectivity index (χ3v) is 3.81. The van der Waals surface area contributed by atoms with Crippen LogP contribution in [0.1, 0.15) is 11.1 Å². The van der Waals surface area contributed by atoms with Crippen LogP contribution in [0.4, 0.5) is 11.6 Å². The first-order valence-electron chi connectivity index (χ1n) is 7.03. The summed E-state index contributed by atoms with van der Waals surface area (Å²) in [4.78, 5) is 4.53. The van der Waals surface area contributed by atoms with Gasteiger partial charge in [0.15, 0.2) is 5.82 Å². The van der Waals surface area contributed by atoms with Crippen LogP contribution in [0.15, 0.2) is 30.3 Å². The van der Waals surface area contributed by atoms with E-state index in [0.717, 1.165) is 32.7 Å². The van der Waals surface area contributed by atoms with Crippen LogP contribution in [0.25, 0.3) is 0 Å². The minimum Gasteiger partial charge on any atom is -0.383 e. The predicted molar refractivity (Wildman–Crippen MR) is 81.6 cm³/mol. The largest absolute Gasteiger partial charge is 0.383 e. The minimum atomic E-state index is 0.346. The average molecular weight is 282 g/mol. The summed E-state index contributed by atoms with van der Waals surface area (Å²) in [5.74, 6) is 1.02. The predicted octanol–water partition coefficient (Wildman–Crippen LogP) is 1.19. The van der Waals surface area contributed by atoms with Crippen molar-refractivity contribution >= 4 is 11.6 Å². The molecule has 0 spiro atoms. The summed E-state index contributed by atoms with van der Waals surface area (Å²) < 4.78 is 0. The van der Waals surface area contributed by atoms with Crippen LogP contribution in [0.2, 0.25) is 0 Å². The Kier molecular flexibility index (Phi) is 3.75. The van der Waals surface area contributed by atoms with Gasteiger partial charge < -0.3 is 10.6 Å². The smallest absolute Gasteiger partial charge is 0.170 e. The molecule has 1 aliphatic heterocycles. The van der Waals surface area contributed by atoms with Gasteiger partial charge in [-0.05, 0) is 5.56 Å². The zero-order valence-corrected chi connectivity index (χ0v) is 11.8. The van der Waals surface area contributed by atoms with E-state index in [-0.39, 0.29) is 0 Å². The number of nitrogen functional groups attached to an aromatic ring is 1. The number of H-pyrrole nitrogens is 1. The fourth-order valence-corrected chi connectivity index (χ4v) is 2.64. The molecule has 0 unspecified atom stereocenters. The van der Waals surface area contributed by atoms with Gasteiger partial charge in [0.2, 0.25) is 0 Å². The van der Waals surface area contributed by atoms with Crippen molar-refractivity contribution in [1.29, 1.82) is 5.26 Å². The van der Waals surface area contributed by atoms with Gasteiger partial charge in [0.25, 0.3) is 0 Å². The normalized spacial score (nSPS) is 15.9. The van der Waals surface area contributed by atoms with E-state index in [2.05, 4.69) is 50.3 Å². The number of anilines is 2. The number of aromatic amines is 1. The fraction of sp³-hybridized carbons (Fsp3) is 0.333. The lowest BCUT2D eigenvalue weighted by Crippen LogP contribution is -2.46. The number of nitrogens with two attached hydrogens (primary N) is 1. The van der Waals surface area contributed by atoms with Gasteiger partial charge in [-0.3, -0.25) is 10.00 Å². The van der Waals surface area contributed by atoms with Crippen molar-refractivity contribution in [1.82, 2.24) is 15.1 Å². The molecule has 2 aromatic rings. The molecule has 0 bridgehead atoms. The van der Waals surface area contributed by atoms with Crippen LogP contribution in [0.3, 0.4) is 0 Å². The molecule has 1 aromatic carbocycles. The summed E-state index contributed by atoms with van der Waals surface area (Å²) in [5, 5.41) is 16.0. The minimum absolute atomic E-state index is 0.346. The third kappa shape index (κ3) is 2.83. The molecule has 0 saturated carbocycles. The van der Waals surface area contributed by atoms with Crippen LogP contribution in [0, 0.1) is 11.3 Å². The second kappa shape index (κ2) is 5.85. The van der Waals surface area contributed by atoms with Crippen molar-refractivity contribution in [2.24, 2.45) is 0 Å². The van der Waals surface area contributed by atoms with Crippen LogP contribution < -0.4 is 10.6 Å². The molecule has 3 N–H and O–H groups in total. The average Bonchev–Trinajstić information content (AvgIpc) is 2.90. The lowest BCUT2D eigenvalue weighted by Gasteiger charge is -2.34. The summed E-state index contributed by atoms with van der Waals surface area (Å²) in [6.07, 6.45) is 0. The number of piperazine rings is 1. The molecular weight excluding hydrogens is 264 g/mol. The SMILES string of the molecule is N#Cc1c(N2CCN(Cc3ccccc3)CC2)n[nH]c1N. The maximum absolute atomic E-state index is 9.14. The quantitative estimate of drug-likeness (QED) is 0.883. The Morgan fingerprint density at radius 2 is 1.90 bits per heavy atom. The number of nitriles is 1. The lowest BCUT2D eigenvalue weighted by atomic mass is 10.2. The van der Waals surface area contributed by atoms with E-state index >= 15 is 0 Å². The molecule has 1 aromatic heterocycles. The lowest BCUT2D eigenvalue weighted by molar-refractivity contribution is 0.249. The summed E-state index contributed by atoms with van der Waals surface area (Å²) >= 11 is 0. The molecule has 0 atom stereocenters. The first-order chi connectivity index (χ1) is 10.3. The van der Waals surface area contributed by atoms with Crippen LogP contribution in [-0.4, -0.2) is 41.3 Å².